The number of carbonyl (C=O) groups excluding carboxylic acids is 2. The molecule has 1 aliphatic rings. The van der Waals surface area contributed by atoms with Crippen molar-refractivity contribution in [2.75, 3.05) is 6.61 Å². The molecule has 0 unspecified atom stereocenters. The molecule has 3 rings (SSSR count). The van der Waals surface area contributed by atoms with Crippen LogP contribution in [0.25, 0.3) is 6.08 Å². The Morgan fingerprint density at radius 1 is 1.13 bits per heavy atom. The van der Waals surface area contributed by atoms with Gasteiger partial charge in [-0.05, 0) is 29.3 Å². The predicted octanol–water partition coefficient (Wildman–Crippen LogP) is 4.07. The highest BCUT2D eigenvalue weighted by molar-refractivity contribution is 6.30. The van der Waals surface area contributed by atoms with Crippen molar-refractivity contribution in [3.63, 3.8) is 0 Å². The van der Waals surface area contributed by atoms with Crippen molar-refractivity contribution in [1.82, 2.24) is 4.90 Å². The third-order valence-corrected chi connectivity index (χ3v) is 3.84. The number of amides is 2. The van der Waals surface area contributed by atoms with Crippen molar-refractivity contribution < 1.29 is 14.3 Å². The Morgan fingerprint density at radius 3 is 2.52 bits per heavy atom. The first-order valence-corrected chi connectivity index (χ1v) is 7.51. The number of carbonyl (C=O) groups is 2. The van der Waals surface area contributed by atoms with E-state index >= 15 is 0 Å². The number of cyclic esters (lactones) is 1. The molecule has 0 bridgehead atoms. The van der Waals surface area contributed by atoms with Crippen LogP contribution < -0.4 is 0 Å². The van der Waals surface area contributed by atoms with Crippen LogP contribution in [-0.2, 0) is 9.53 Å². The van der Waals surface area contributed by atoms with E-state index in [1.54, 1.807) is 30.3 Å². The summed E-state index contributed by atoms with van der Waals surface area (Å²) in [5, 5.41) is 0.626. The average Bonchev–Trinajstić information content (AvgIpc) is 2.96. The summed E-state index contributed by atoms with van der Waals surface area (Å²) < 4.78 is 5.04. The highest BCUT2D eigenvalue weighted by Gasteiger charge is 2.37. The average molecular weight is 328 g/mol. The number of nitrogens with zero attached hydrogens (tertiary/aromatic N) is 1. The minimum absolute atomic E-state index is 0.170. The van der Waals surface area contributed by atoms with Gasteiger partial charge in [0.25, 0.3) is 5.91 Å². The zero-order valence-electron chi connectivity index (χ0n) is 12.2. The van der Waals surface area contributed by atoms with Crippen molar-refractivity contribution in [2.45, 2.75) is 6.04 Å². The number of imide groups is 1. The van der Waals surface area contributed by atoms with Crippen molar-refractivity contribution >= 4 is 29.7 Å². The zero-order valence-corrected chi connectivity index (χ0v) is 12.9. The van der Waals surface area contributed by atoms with Gasteiger partial charge in [-0.15, -0.1) is 0 Å². The molecule has 1 heterocycles. The molecule has 2 aromatic carbocycles. The molecule has 23 heavy (non-hydrogen) atoms. The Bertz CT molecular complexity index is 741. The summed E-state index contributed by atoms with van der Waals surface area (Å²) in [5.41, 5.74) is 1.69. The second-order valence-electron chi connectivity index (χ2n) is 5.10. The van der Waals surface area contributed by atoms with Crippen molar-refractivity contribution in [3.05, 3.63) is 76.8 Å². The summed E-state index contributed by atoms with van der Waals surface area (Å²) >= 11 is 5.82. The Morgan fingerprint density at radius 2 is 1.83 bits per heavy atom. The quantitative estimate of drug-likeness (QED) is 0.798. The van der Waals surface area contributed by atoms with E-state index in [1.807, 2.05) is 30.3 Å². The second kappa shape index (κ2) is 6.67. The van der Waals surface area contributed by atoms with Gasteiger partial charge < -0.3 is 4.74 Å². The number of ether oxygens (including phenoxy) is 1. The topological polar surface area (TPSA) is 46.6 Å². The molecule has 2 amide bonds. The van der Waals surface area contributed by atoms with Crippen LogP contribution in [0.15, 0.2) is 60.7 Å². The fourth-order valence-corrected chi connectivity index (χ4v) is 2.53. The number of hydrogen-bond acceptors (Lipinski definition) is 3. The number of hydrogen-bond donors (Lipinski definition) is 0. The van der Waals surface area contributed by atoms with Gasteiger partial charge in [-0.3, -0.25) is 4.79 Å². The van der Waals surface area contributed by atoms with Gasteiger partial charge in [0, 0.05) is 11.1 Å². The highest BCUT2D eigenvalue weighted by atomic mass is 35.5. The number of rotatable bonds is 3. The molecule has 116 valence electrons. The van der Waals surface area contributed by atoms with Crippen LogP contribution in [0.1, 0.15) is 17.2 Å². The molecular formula is C18H14ClNO3. The minimum Gasteiger partial charge on any atom is -0.446 e. The van der Waals surface area contributed by atoms with Crippen LogP contribution in [0.5, 0.6) is 0 Å². The monoisotopic (exact) mass is 327 g/mol. The van der Waals surface area contributed by atoms with E-state index in [2.05, 4.69) is 0 Å². The molecule has 2 aromatic rings. The Hall–Kier alpha value is -2.59. The van der Waals surface area contributed by atoms with Gasteiger partial charge in [0.05, 0.1) is 0 Å². The largest absolute Gasteiger partial charge is 0.446 e. The highest BCUT2D eigenvalue weighted by Crippen LogP contribution is 2.28. The van der Waals surface area contributed by atoms with E-state index in [1.165, 1.54) is 6.08 Å². The first-order chi connectivity index (χ1) is 11.1. The lowest BCUT2D eigenvalue weighted by molar-refractivity contribution is -0.124. The molecule has 0 radical (unpaired) electrons. The van der Waals surface area contributed by atoms with Crippen LogP contribution >= 0.6 is 11.6 Å². The van der Waals surface area contributed by atoms with E-state index in [4.69, 9.17) is 16.3 Å². The minimum atomic E-state index is -0.621. The Kier molecular flexibility index (Phi) is 4.44. The van der Waals surface area contributed by atoms with E-state index in [-0.39, 0.29) is 6.61 Å². The molecule has 1 fully saturated rings. The molecule has 0 N–H and O–H groups in total. The molecule has 0 saturated carbocycles. The summed E-state index contributed by atoms with van der Waals surface area (Å²) in [6, 6.07) is 16.0. The van der Waals surface area contributed by atoms with Crippen LogP contribution in [0.3, 0.4) is 0 Å². The van der Waals surface area contributed by atoms with Gasteiger partial charge >= 0.3 is 6.09 Å². The summed E-state index contributed by atoms with van der Waals surface area (Å²) in [7, 11) is 0. The van der Waals surface area contributed by atoms with Crippen LogP contribution in [0.4, 0.5) is 4.79 Å². The standard InChI is InChI=1S/C18H14ClNO3/c19-15-9-6-13(7-10-15)8-11-17(21)20-16(12-23-18(20)22)14-4-2-1-3-5-14/h1-11,16H,12H2/b11-8+/t16-/m0/s1. The molecule has 1 saturated heterocycles. The van der Waals surface area contributed by atoms with Gasteiger partial charge in [-0.1, -0.05) is 54.1 Å². The predicted molar refractivity (Wildman–Crippen MR) is 87.9 cm³/mol. The fourth-order valence-electron chi connectivity index (χ4n) is 2.41. The van der Waals surface area contributed by atoms with Crippen LogP contribution in [-0.4, -0.2) is 23.5 Å². The molecular weight excluding hydrogens is 314 g/mol. The van der Waals surface area contributed by atoms with E-state index in [0.717, 1.165) is 16.0 Å². The number of halogens is 1. The smallest absolute Gasteiger partial charge is 0.417 e. The van der Waals surface area contributed by atoms with Gasteiger partial charge in [-0.2, -0.15) is 0 Å². The maximum Gasteiger partial charge on any atom is 0.417 e. The summed E-state index contributed by atoms with van der Waals surface area (Å²) in [4.78, 5) is 25.4. The number of benzene rings is 2. The van der Waals surface area contributed by atoms with Crippen molar-refractivity contribution in [2.24, 2.45) is 0 Å². The van der Waals surface area contributed by atoms with Gasteiger partial charge in [0.1, 0.15) is 12.6 Å². The van der Waals surface area contributed by atoms with Crippen LogP contribution in [0.2, 0.25) is 5.02 Å². The lowest BCUT2D eigenvalue weighted by atomic mass is 10.1. The van der Waals surface area contributed by atoms with Gasteiger partial charge in [0.2, 0.25) is 0 Å². The SMILES string of the molecule is O=C(/C=C/c1ccc(Cl)cc1)N1C(=O)OC[C@H]1c1ccccc1. The summed E-state index contributed by atoms with van der Waals surface area (Å²) in [5.74, 6) is -0.406. The fraction of sp³-hybridized carbons (Fsp3) is 0.111. The normalized spacial score (nSPS) is 17.5. The van der Waals surface area contributed by atoms with Gasteiger partial charge in [-0.25, -0.2) is 9.69 Å². The second-order valence-corrected chi connectivity index (χ2v) is 5.53. The first-order valence-electron chi connectivity index (χ1n) is 7.14. The maximum absolute atomic E-state index is 12.4. The molecule has 1 aliphatic heterocycles. The third kappa shape index (κ3) is 3.43. The third-order valence-electron chi connectivity index (χ3n) is 3.58. The Balaban J connectivity index is 1.79. The molecule has 1 atom stereocenters. The molecule has 0 aromatic heterocycles. The van der Waals surface area contributed by atoms with Gasteiger partial charge in [0.15, 0.2) is 0 Å². The maximum atomic E-state index is 12.4. The van der Waals surface area contributed by atoms with E-state index in [9.17, 15) is 9.59 Å². The molecule has 5 heteroatoms. The summed E-state index contributed by atoms with van der Waals surface area (Å²) in [6.07, 6.45) is 2.39. The first kappa shape index (κ1) is 15.3. The van der Waals surface area contributed by atoms with Crippen LogP contribution in [0, 0.1) is 0 Å². The zero-order chi connectivity index (χ0) is 16.2. The Labute approximate surface area is 138 Å². The van der Waals surface area contributed by atoms with Crippen molar-refractivity contribution in [3.8, 4) is 0 Å². The molecule has 0 aliphatic carbocycles. The lowest BCUT2D eigenvalue weighted by Crippen LogP contribution is -2.32. The lowest BCUT2D eigenvalue weighted by Gasteiger charge is -2.18. The summed E-state index contributed by atoms with van der Waals surface area (Å²) in [6.45, 7) is 0.170. The van der Waals surface area contributed by atoms with E-state index in [0.29, 0.717) is 5.02 Å². The molecule has 0 spiro atoms. The van der Waals surface area contributed by atoms with Crippen molar-refractivity contribution in [1.29, 1.82) is 0 Å². The molecule has 4 nitrogen and oxygen atoms in total. The van der Waals surface area contributed by atoms with E-state index < -0.39 is 18.0 Å².